The minimum Gasteiger partial charge on any atom is -0.390 e. The van der Waals surface area contributed by atoms with E-state index in [0.29, 0.717) is 11.3 Å². The molecular formula is C13H27N3OS. The molecule has 18 heavy (non-hydrogen) atoms. The summed E-state index contributed by atoms with van der Waals surface area (Å²) in [7, 11) is 0. The lowest BCUT2D eigenvalue weighted by Gasteiger charge is -2.39. The van der Waals surface area contributed by atoms with Crippen molar-refractivity contribution in [3.05, 3.63) is 0 Å². The molecule has 106 valence electrons. The van der Waals surface area contributed by atoms with E-state index in [4.69, 9.17) is 0 Å². The van der Waals surface area contributed by atoms with Gasteiger partial charge in [0.1, 0.15) is 0 Å². The standard InChI is InChI=1S/C13H27N3OS/c1-11-12(2)18-8-7-16(11)10-13(17)9-15-5-3-14-4-6-15/h11-14,17H,3-10H2,1-2H3. The summed E-state index contributed by atoms with van der Waals surface area (Å²) in [6.45, 7) is 11.6. The molecule has 0 spiro atoms. The lowest BCUT2D eigenvalue weighted by molar-refractivity contribution is 0.0577. The van der Waals surface area contributed by atoms with E-state index in [1.165, 1.54) is 5.75 Å². The molecule has 0 aromatic rings. The lowest BCUT2D eigenvalue weighted by Crippen LogP contribution is -2.51. The van der Waals surface area contributed by atoms with E-state index in [0.717, 1.165) is 45.8 Å². The number of hydrogen-bond acceptors (Lipinski definition) is 5. The molecule has 2 rings (SSSR count). The van der Waals surface area contributed by atoms with Crippen LogP contribution in [0.2, 0.25) is 0 Å². The van der Waals surface area contributed by atoms with E-state index >= 15 is 0 Å². The first-order valence-electron chi connectivity index (χ1n) is 7.13. The van der Waals surface area contributed by atoms with Gasteiger partial charge in [-0.3, -0.25) is 9.80 Å². The number of piperazine rings is 1. The van der Waals surface area contributed by atoms with Crippen molar-refractivity contribution in [1.82, 2.24) is 15.1 Å². The Balaban J connectivity index is 1.73. The Hall–Kier alpha value is 0.190. The first kappa shape index (κ1) is 14.6. The molecule has 2 aliphatic rings. The second-order valence-electron chi connectivity index (χ2n) is 5.52. The number of hydrogen-bond donors (Lipinski definition) is 2. The minimum absolute atomic E-state index is 0.208. The van der Waals surface area contributed by atoms with E-state index in [9.17, 15) is 5.11 Å². The number of rotatable bonds is 4. The normalized spacial score (nSPS) is 33.5. The summed E-state index contributed by atoms with van der Waals surface area (Å²) in [5.41, 5.74) is 0. The zero-order chi connectivity index (χ0) is 13.0. The van der Waals surface area contributed by atoms with Crippen molar-refractivity contribution in [3.63, 3.8) is 0 Å². The highest BCUT2D eigenvalue weighted by Gasteiger charge is 2.27. The number of aliphatic hydroxyl groups excluding tert-OH is 1. The number of nitrogens with zero attached hydrogens (tertiary/aromatic N) is 2. The lowest BCUT2D eigenvalue weighted by atomic mass is 10.1. The predicted molar refractivity (Wildman–Crippen MR) is 78.3 cm³/mol. The molecular weight excluding hydrogens is 246 g/mol. The maximum atomic E-state index is 10.2. The van der Waals surface area contributed by atoms with E-state index in [-0.39, 0.29) is 6.10 Å². The third kappa shape index (κ3) is 4.10. The van der Waals surface area contributed by atoms with Gasteiger partial charge in [-0.05, 0) is 6.92 Å². The summed E-state index contributed by atoms with van der Waals surface area (Å²) in [6.07, 6.45) is -0.208. The largest absolute Gasteiger partial charge is 0.390 e. The first-order valence-corrected chi connectivity index (χ1v) is 8.18. The van der Waals surface area contributed by atoms with Crippen LogP contribution in [0.4, 0.5) is 0 Å². The molecule has 2 N–H and O–H groups in total. The number of β-amino-alcohol motifs (C(OH)–C–C–N with tert-alkyl or cyclic N) is 1. The molecule has 2 saturated heterocycles. The highest BCUT2D eigenvalue weighted by atomic mass is 32.2. The Morgan fingerprint density at radius 1 is 1.22 bits per heavy atom. The summed E-state index contributed by atoms with van der Waals surface area (Å²) < 4.78 is 0. The van der Waals surface area contributed by atoms with Crippen molar-refractivity contribution >= 4 is 11.8 Å². The molecule has 5 heteroatoms. The van der Waals surface area contributed by atoms with Crippen molar-refractivity contribution in [3.8, 4) is 0 Å². The topological polar surface area (TPSA) is 38.7 Å². The maximum Gasteiger partial charge on any atom is 0.0793 e. The second-order valence-corrected chi connectivity index (χ2v) is 7.00. The maximum absolute atomic E-state index is 10.2. The zero-order valence-electron chi connectivity index (χ0n) is 11.6. The molecule has 2 fully saturated rings. The molecule has 0 aromatic heterocycles. The smallest absolute Gasteiger partial charge is 0.0793 e. The van der Waals surface area contributed by atoms with Crippen molar-refractivity contribution in [2.45, 2.75) is 31.2 Å². The highest BCUT2D eigenvalue weighted by molar-refractivity contribution is 8.00. The van der Waals surface area contributed by atoms with Gasteiger partial charge in [-0.1, -0.05) is 6.92 Å². The Morgan fingerprint density at radius 3 is 2.67 bits per heavy atom. The highest BCUT2D eigenvalue weighted by Crippen LogP contribution is 2.24. The van der Waals surface area contributed by atoms with Crippen molar-refractivity contribution in [2.24, 2.45) is 0 Å². The van der Waals surface area contributed by atoms with Gasteiger partial charge in [0, 0.05) is 62.9 Å². The fourth-order valence-electron chi connectivity index (χ4n) is 2.77. The molecule has 0 aromatic carbocycles. The molecule has 0 saturated carbocycles. The number of nitrogens with one attached hydrogen (secondary N) is 1. The van der Waals surface area contributed by atoms with E-state index in [1.54, 1.807) is 0 Å². The number of thioether (sulfide) groups is 1. The fraction of sp³-hybridized carbons (Fsp3) is 1.00. The third-order valence-corrected chi connectivity index (χ3v) is 5.48. The third-order valence-electron chi connectivity index (χ3n) is 4.14. The summed E-state index contributed by atoms with van der Waals surface area (Å²) in [4.78, 5) is 4.82. The van der Waals surface area contributed by atoms with Crippen molar-refractivity contribution < 1.29 is 5.11 Å². The Kier molecular flexibility index (Phi) is 5.76. The van der Waals surface area contributed by atoms with Gasteiger partial charge in [0.25, 0.3) is 0 Å². The van der Waals surface area contributed by atoms with E-state index in [1.807, 2.05) is 0 Å². The van der Waals surface area contributed by atoms with Gasteiger partial charge in [-0.15, -0.1) is 0 Å². The van der Waals surface area contributed by atoms with Crippen LogP contribution in [0.5, 0.6) is 0 Å². The molecule has 2 heterocycles. The molecule has 2 aliphatic heterocycles. The van der Waals surface area contributed by atoms with Gasteiger partial charge in [0.2, 0.25) is 0 Å². The summed E-state index contributed by atoms with van der Waals surface area (Å²) >= 11 is 2.05. The molecule has 0 aliphatic carbocycles. The van der Waals surface area contributed by atoms with Crippen LogP contribution in [0.25, 0.3) is 0 Å². The van der Waals surface area contributed by atoms with Crippen molar-refractivity contribution in [2.75, 3.05) is 51.6 Å². The molecule has 0 bridgehead atoms. The molecule has 0 radical (unpaired) electrons. The Morgan fingerprint density at radius 2 is 1.94 bits per heavy atom. The van der Waals surface area contributed by atoms with Gasteiger partial charge in [0.15, 0.2) is 0 Å². The first-order chi connectivity index (χ1) is 8.66. The van der Waals surface area contributed by atoms with Crippen LogP contribution in [-0.2, 0) is 0 Å². The quantitative estimate of drug-likeness (QED) is 0.759. The number of aliphatic hydroxyl groups is 1. The van der Waals surface area contributed by atoms with Crippen LogP contribution in [0.15, 0.2) is 0 Å². The molecule has 0 amide bonds. The van der Waals surface area contributed by atoms with Crippen LogP contribution in [0.3, 0.4) is 0 Å². The van der Waals surface area contributed by atoms with Gasteiger partial charge in [-0.2, -0.15) is 11.8 Å². The average Bonchev–Trinajstić information content (AvgIpc) is 2.36. The Labute approximate surface area is 115 Å². The Bertz CT molecular complexity index is 248. The minimum atomic E-state index is -0.208. The van der Waals surface area contributed by atoms with Gasteiger partial charge >= 0.3 is 0 Å². The van der Waals surface area contributed by atoms with Crippen LogP contribution < -0.4 is 5.32 Å². The summed E-state index contributed by atoms with van der Waals surface area (Å²) in [6, 6.07) is 0.585. The monoisotopic (exact) mass is 273 g/mol. The van der Waals surface area contributed by atoms with Crippen LogP contribution in [0.1, 0.15) is 13.8 Å². The van der Waals surface area contributed by atoms with Gasteiger partial charge in [0.05, 0.1) is 6.10 Å². The van der Waals surface area contributed by atoms with E-state index in [2.05, 4.69) is 40.7 Å². The fourth-order valence-corrected chi connectivity index (χ4v) is 3.94. The average molecular weight is 273 g/mol. The van der Waals surface area contributed by atoms with Gasteiger partial charge in [-0.25, -0.2) is 0 Å². The summed E-state index contributed by atoms with van der Waals surface area (Å²) in [5, 5.41) is 14.3. The van der Waals surface area contributed by atoms with Crippen molar-refractivity contribution in [1.29, 1.82) is 0 Å². The van der Waals surface area contributed by atoms with Crippen LogP contribution in [-0.4, -0.2) is 83.9 Å². The van der Waals surface area contributed by atoms with Gasteiger partial charge < -0.3 is 10.4 Å². The van der Waals surface area contributed by atoms with Crippen LogP contribution in [0, 0.1) is 0 Å². The van der Waals surface area contributed by atoms with E-state index < -0.39 is 0 Å². The zero-order valence-corrected chi connectivity index (χ0v) is 12.5. The SMILES string of the molecule is CC1SCCN(CC(O)CN2CCNCC2)C1C. The second kappa shape index (κ2) is 7.10. The molecule has 3 atom stereocenters. The van der Waals surface area contributed by atoms with Crippen LogP contribution >= 0.6 is 11.8 Å². The molecule has 3 unspecified atom stereocenters. The summed E-state index contributed by atoms with van der Waals surface area (Å²) in [5.74, 6) is 1.20. The molecule has 4 nitrogen and oxygen atoms in total. The predicted octanol–water partition coefficient (Wildman–Crippen LogP) is 0.0783.